The molecule has 4 rings (SSSR count). The summed E-state index contributed by atoms with van der Waals surface area (Å²) in [4.78, 5) is 67.9. The molecule has 2 aliphatic heterocycles. The molecule has 0 radical (unpaired) electrons. The summed E-state index contributed by atoms with van der Waals surface area (Å²) >= 11 is 6.85. The number of imide groups is 3. The first-order chi connectivity index (χ1) is 19.1. The highest BCUT2D eigenvalue weighted by atomic mass is 35.5. The van der Waals surface area contributed by atoms with Crippen LogP contribution in [-0.2, 0) is 23.9 Å². The van der Waals surface area contributed by atoms with Crippen molar-refractivity contribution < 1.29 is 37.8 Å². The Morgan fingerprint density at radius 1 is 1.18 bits per heavy atom. The average Bonchev–Trinajstić information content (AvgIpc) is 3.49. The molecule has 12 nitrogen and oxygen atoms in total. The van der Waals surface area contributed by atoms with E-state index in [2.05, 4.69) is 5.32 Å². The van der Waals surface area contributed by atoms with Gasteiger partial charge in [0.05, 0.1) is 41.1 Å². The Kier molecular flexibility index (Phi) is 9.48. The summed E-state index contributed by atoms with van der Waals surface area (Å²) in [6.45, 7) is 0.0502. The van der Waals surface area contributed by atoms with E-state index in [9.17, 15) is 24.0 Å². The fraction of sp³-hybridized carbons (Fsp3) is 0.400. The largest absolute Gasteiger partial charge is 0.443 e. The molecule has 2 aromatic rings. The van der Waals surface area contributed by atoms with E-state index in [0.717, 1.165) is 16.2 Å². The molecular weight excluding hydrogens is 569 g/mol. The third-order valence-electron chi connectivity index (χ3n) is 6.13. The highest BCUT2D eigenvalue weighted by Crippen LogP contribution is 2.29. The van der Waals surface area contributed by atoms with E-state index in [-0.39, 0.29) is 49.3 Å². The maximum absolute atomic E-state index is 15.0. The Morgan fingerprint density at radius 3 is 2.60 bits per heavy atom. The van der Waals surface area contributed by atoms with Gasteiger partial charge in [-0.2, -0.15) is 0 Å². The maximum Gasteiger partial charge on any atom is 0.414 e. The van der Waals surface area contributed by atoms with Crippen molar-refractivity contribution in [1.82, 2.24) is 15.1 Å². The van der Waals surface area contributed by atoms with Gasteiger partial charge in [0.25, 0.3) is 17.7 Å². The van der Waals surface area contributed by atoms with Gasteiger partial charge in [0.2, 0.25) is 5.91 Å². The number of halogens is 2. The van der Waals surface area contributed by atoms with E-state index < -0.39 is 35.7 Å². The minimum atomic E-state index is -0.785. The highest BCUT2D eigenvalue weighted by Gasteiger charge is 2.36. The Bertz CT molecular complexity index is 1320. The van der Waals surface area contributed by atoms with Crippen LogP contribution < -0.4 is 15.1 Å². The molecule has 1 aromatic heterocycles. The molecule has 5 amide bonds. The molecule has 2 fully saturated rings. The van der Waals surface area contributed by atoms with Gasteiger partial charge in [0.1, 0.15) is 18.5 Å². The molecular formula is C25H27ClFN5O7S. The number of likely N-dealkylation sites (N-methyl/N-ethyl adjacent to an activating group) is 2. The van der Waals surface area contributed by atoms with Gasteiger partial charge in [-0.3, -0.25) is 29.0 Å². The van der Waals surface area contributed by atoms with Crippen LogP contribution in [0.15, 0.2) is 30.3 Å². The van der Waals surface area contributed by atoms with Crippen molar-refractivity contribution in [3.8, 4) is 0 Å². The van der Waals surface area contributed by atoms with Gasteiger partial charge < -0.3 is 19.7 Å². The first kappa shape index (κ1) is 29.6. The monoisotopic (exact) mass is 595 g/mol. The van der Waals surface area contributed by atoms with Gasteiger partial charge in [-0.05, 0) is 44.4 Å². The number of amides is 5. The molecule has 3 heterocycles. The van der Waals surface area contributed by atoms with Crippen molar-refractivity contribution in [2.75, 3.05) is 69.8 Å². The Balaban J connectivity index is 1.39. The zero-order valence-corrected chi connectivity index (χ0v) is 23.3. The number of morpholine rings is 1. The second kappa shape index (κ2) is 12.8. The Hall–Kier alpha value is -3.43. The number of carbonyl (C=O) groups excluding carboxylic acids is 5. The van der Waals surface area contributed by atoms with Gasteiger partial charge >= 0.3 is 6.09 Å². The number of thiophene rings is 1. The van der Waals surface area contributed by atoms with Crippen molar-refractivity contribution in [2.45, 2.75) is 6.10 Å². The molecule has 40 heavy (non-hydrogen) atoms. The van der Waals surface area contributed by atoms with Crippen LogP contribution >= 0.6 is 22.9 Å². The lowest BCUT2D eigenvalue weighted by molar-refractivity contribution is -0.141. The van der Waals surface area contributed by atoms with Crippen LogP contribution in [0.2, 0.25) is 4.34 Å². The van der Waals surface area contributed by atoms with Crippen LogP contribution in [0.25, 0.3) is 0 Å². The fourth-order valence-corrected chi connectivity index (χ4v) is 5.31. The van der Waals surface area contributed by atoms with E-state index in [0.29, 0.717) is 28.1 Å². The van der Waals surface area contributed by atoms with Gasteiger partial charge in [-0.25, -0.2) is 14.1 Å². The summed E-state index contributed by atoms with van der Waals surface area (Å²) in [6, 6.07) is 7.05. The van der Waals surface area contributed by atoms with Crippen LogP contribution in [0.3, 0.4) is 0 Å². The van der Waals surface area contributed by atoms with Gasteiger partial charge in [-0.15, -0.1) is 11.3 Å². The molecule has 0 saturated carbocycles. The van der Waals surface area contributed by atoms with Crippen molar-refractivity contribution >= 4 is 64.0 Å². The standard InChI is InChI=1S/C25H27ClFN5O7S/c1-28-10-21(33)32(24(36)19-5-6-20(26)40-19)22(34)13-29(2)11-16-12-31(25(37)39-16)18-4-3-15(9-17(18)27)30-7-8-38-14-23(30)35/h3-6,9,16,28H,7-8,10-14H2,1-2H3/t16-/m0/s1. The number of benzene rings is 1. The second-order valence-electron chi connectivity index (χ2n) is 9.11. The summed E-state index contributed by atoms with van der Waals surface area (Å²) in [5.41, 5.74) is 0.341. The number of carbonyl (C=O) groups is 5. The number of hydrogen-bond donors (Lipinski definition) is 1. The summed E-state index contributed by atoms with van der Waals surface area (Å²) in [6.07, 6.45) is -1.49. The number of rotatable bonds is 9. The molecule has 15 heteroatoms. The lowest BCUT2D eigenvalue weighted by atomic mass is 10.2. The van der Waals surface area contributed by atoms with E-state index in [1.165, 1.54) is 41.1 Å². The van der Waals surface area contributed by atoms with E-state index in [4.69, 9.17) is 21.1 Å². The summed E-state index contributed by atoms with van der Waals surface area (Å²) in [5, 5.41) is 2.63. The molecule has 2 aliphatic rings. The van der Waals surface area contributed by atoms with Gasteiger partial charge in [0.15, 0.2) is 0 Å². The van der Waals surface area contributed by atoms with Crippen molar-refractivity contribution in [3.63, 3.8) is 0 Å². The van der Waals surface area contributed by atoms with Crippen LogP contribution in [0, 0.1) is 5.82 Å². The molecule has 0 unspecified atom stereocenters. The average molecular weight is 596 g/mol. The van der Waals surface area contributed by atoms with E-state index in [1.807, 2.05) is 0 Å². The number of ether oxygens (including phenoxy) is 2. The van der Waals surface area contributed by atoms with Crippen LogP contribution in [0.5, 0.6) is 0 Å². The predicted molar refractivity (Wildman–Crippen MR) is 144 cm³/mol. The zero-order valence-electron chi connectivity index (χ0n) is 21.7. The molecule has 2 saturated heterocycles. The van der Waals surface area contributed by atoms with Crippen LogP contribution in [0.4, 0.5) is 20.6 Å². The first-order valence-corrected chi connectivity index (χ1v) is 13.4. The topological polar surface area (TPSA) is 129 Å². The SMILES string of the molecule is CNCC(=O)N(C(=O)CN(C)C[C@H]1CN(c2ccc(N3CCOCC3=O)cc2F)C(=O)O1)C(=O)c1ccc(Cl)s1. The van der Waals surface area contributed by atoms with Crippen LogP contribution in [0.1, 0.15) is 9.67 Å². The number of cyclic esters (lactones) is 1. The molecule has 0 spiro atoms. The lowest BCUT2D eigenvalue weighted by Gasteiger charge is -2.27. The second-order valence-corrected chi connectivity index (χ2v) is 10.8. The number of anilines is 2. The summed E-state index contributed by atoms with van der Waals surface area (Å²) < 4.78 is 25.8. The molecule has 1 atom stereocenters. The molecule has 1 aromatic carbocycles. The zero-order chi connectivity index (χ0) is 29.0. The predicted octanol–water partition coefficient (Wildman–Crippen LogP) is 1.58. The molecule has 0 bridgehead atoms. The highest BCUT2D eigenvalue weighted by molar-refractivity contribution is 7.18. The number of hydrogen-bond acceptors (Lipinski definition) is 10. The third-order valence-corrected chi connectivity index (χ3v) is 7.35. The van der Waals surface area contributed by atoms with Crippen molar-refractivity contribution in [2.24, 2.45) is 0 Å². The molecule has 0 aliphatic carbocycles. The smallest absolute Gasteiger partial charge is 0.414 e. The normalized spacial score (nSPS) is 17.4. The first-order valence-electron chi connectivity index (χ1n) is 12.2. The molecule has 1 N–H and O–H groups in total. The Morgan fingerprint density at radius 2 is 1.95 bits per heavy atom. The quantitative estimate of drug-likeness (QED) is 0.459. The lowest BCUT2D eigenvalue weighted by Crippen LogP contribution is -2.49. The van der Waals surface area contributed by atoms with Crippen molar-refractivity contribution in [3.05, 3.63) is 45.4 Å². The Labute approximate surface area is 238 Å². The van der Waals surface area contributed by atoms with Gasteiger partial charge in [0, 0.05) is 18.8 Å². The number of nitrogens with zero attached hydrogens (tertiary/aromatic N) is 4. The summed E-state index contributed by atoms with van der Waals surface area (Å²) in [7, 11) is 3.08. The third kappa shape index (κ3) is 6.64. The summed E-state index contributed by atoms with van der Waals surface area (Å²) in [5.74, 6) is -3.27. The minimum Gasteiger partial charge on any atom is -0.443 e. The van der Waals surface area contributed by atoms with E-state index in [1.54, 1.807) is 13.1 Å². The number of nitrogens with one attached hydrogen (secondary N) is 1. The van der Waals surface area contributed by atoms with Gasteiger partial charge in [-0.1, -0.05) is 11.6 Å². The minimum absolute atomic E-state index is 0.000853. The maximum atomic E-state index is 15.0. The van der Waals surface area contributed by atoms with Crippen molar-refractivity contribution in [1.29, 1.82) is 0 Å². The van der Waals surface area contributed by atoms with E-state index >= 15 is 4.39 Å². The van der Waals surface area contributed by atoms with Crippen LogP contribution in [-0.4, -0.2) is 106 Å². The molecule has 214 valence electrons. The fourth-order valence-electron chi connectivity index (χ4n) is 4.34.